The Morgan fingerprint density at radius 1 is 1.45 bits per heavy atom. The molecular formula is C12H8BrFN2O3S. The number of carbonyl (C=O) groups is 1. The Bertz CT molecular complexity index is 683. The molecule has 1 aromatic heterocycles. The summed E-state index contributed by atoms with van der Waals surface area (Å²) < 4.78 is 14.4. The summed E-state index contributed by atoms with van der Waals surface area (Å²) in [4.78, 5) is 22.3. The molecule has 0 saturated carbocycles. The zero-order valence-corrected chi connectivity index (χ0v) is 12.5. The van der Waals surface area contributed by atoms with E-state index in [0.717, 1.165) is 27.5 Å². The van der Waals surface area contributed by atoms with Crippen LogP contribution in [0.25, 0.3) is 0 Å². The Morgan fingerprint density at radius 2 is 2.15 bits per heavy atom. The fourth-order valence-corrected chi connectivity index (χ4v) is 2.91. The van der Waals surface area contributed by atoms with Crippen LogP contribution in [0.5, 0.6) is 0 Å². The SMILES string of the molecule is Cc1cc(C(=O)Nc2cc([N+](=O)[O-])ccc2F)sc1Br. The lowest BCUT2D eigenvalue weighted by molar-refractivity contribution is -0.384. The molecule has 1 N–H and O–H groups in total. The molecule has 1 amide bonds. The van der Waals surface area contributed by atoms with Crippen LogP contribution in [0.15, 0.2) is 28.1 Å². The van der Waals surface area contributed by atoms with Crippen LogP contribution in [-0.2, 0) is 0 Å². The van der Waals surface area contributed by atoms with Crippen molar-refractivity contribution in [2.45, 2.75) is 6.92 Å². The standard InChI is InChI=1S/C12H8BrFN2O3S/c1-6-4-10(20-11(6)13)12(17)15-9-5-7(16(18)19)2-3-8(9)14/h2-5H,1H3,(H,15,17). The number of nitro groups is 1. The molecule has 0 spiro atoms. The Hall–Kier alpha value is -1.80. The van der Waals surface area contributed by atoms with Crippen LogP contribution in [0.1, 0.15) is 15.2 Å². The maximum atomic E-state index is 13.6. The number of hydrogen-bond donors (Lipinski definition) is 1. The highest BCUT2D eigenvalue weighted by atomic mass is 79.9. The monoisotopic (exact) mass is 358 g/mol. The lowest BCUT2D eigenvalue weighted by Gasteiger charge is -2.04. The maximum Gasteiger partial charge on any atom is 0.271 e. The molecule has 1 aromatic carbocycles. The number of halogens is 2. The van der Waals surface area contributed by atoms with E-state index in [4.69, 9.17) is 0 Å². The zero-order valence-electron chi connectivity index (χ0n) is 10.1. The molecule has 0 aliphatic carbocycles. The first-order valence-electron chi connectivity index (χ1n) is 5.39. The average molecular weight is 359 g/mol. The van der Waals surface area contributed by atoms with Crippen molar-refractivity contribution in [2.24, 2.45) is 0 Å². The normalized spacial score (nSPS) is 10.3. The van der Waals surface area contributed by atoms with Gasteiger partial charge in [-0.2, -0.15) is 0 Å². The Balaban J connectivity index is 2.27. The van der Waals surface area contributed by atoms with Crippen LogP contribution in [-0.4, -0.2) is 10.8 Å². The molecule has 0 bridgehead atoms. The molecule has 0 unspecified atom stereocenters. The van der Waals surface area contributed by atoms with Gasteiger partial charge in [-0.3, -0.25) is 14.9 Å². The molecule has 0 saturated heterocycles. The minimum absolute atomic E-state index is 0.216. The average Bonchev–Trinajstić information content (AvgIpc) is 2.72. The minimum Gasteiger partial charge on any atom is -0.319 e. The highest BCUT2D eigenvalue weighted by Gasteiger charge is 2.16. The number of benzene rings is 1. The molecule has 0 fully saturated rings. The number of amides is 1. The van der Waals surface area contributed by atoms with Crippen LogP contribution >= 0.6 is 27.3 Å². The molecule has 5 nitrogen and oxygen atoms in total. The van der Waals surface area contributed by atoms with Gasteiger partial charge in [0.2, 0.25) is 0 Å². The predicted molar refractivity (Wildman–Crippen MR) is 77.8 cm³/mol. The minimum atomic E-state index is -0.726. The number of nitro benzene ring substituents is 1. The summed E-state index contributed by atoms with van der Waals surface area (Å²) in [6.07, 6.45) is 0. The lowest BCUT2D eigenvalue weighted by Crippen LogP contribution is -2.11. The number of nitrogens with zero attached hydrogens (tertiary/aromatic N) is 1. The fraction of sp³-hybridized carbons (Fsp3) is 0.0833. The predicted octanol–water partition coefficient (Wildman–Crippen LogP) is 4.12. The number of rotatable bonds is 3. The molecule has 0 atom stereocenters. The van der Waals surface area contributed by atoms with Gasteiger partial charge in [0.25, 0.3) is 11.6 Å². The van der Waals surface area contributed by atoms with Crippen molar-refractivity contribution >= 4 is 44.5 Å². The van der Waals surface area contributed by atoms with Gasteiger partial charge in [-0.25, -0.2) is 4.39 Å². The molecule has 104 valence electrons. The van der Waals surface area contributed by atoms with E-state index in [2.05, 4.69) is 21.2 Å². The van der Waals surface area contributed by atoms with E-state index in [1.54, 1.807) is 6.07 Å². The summed E-state index contributed by atoms with van der Waals surface area (Å²) in [5, 5.41) is 13.0. The molecule has 1 heterocycles. The third-order valence-electron chi connectivity index (χ3n) is 2.49. The number of anilines is 1. The summed E-state index contributed by atoms with van der Waals surface area (Å²) in [7, 11) is 0. The van der Waals surface area contributed by atoms with E-state index in [0.29, 0.717) is 4.88 Å². The number of carbonyl (C=O) groups excluding carboxylic acids is 1. The van der Waals surface area contributed by atoms with Crippen LogP contribution in [0, 0.1) is 22.9 Å². The molecule has 20 heavy (non-hydrogen) atoms. The summed E-state index contributed by atoms with van der Waals surface area (Å²) in [6, 6.07) is 4.63. The van der Waals surface area contributed by atoms with Crippen molar-refractivity contribution in [3.63, 3.8) is 0 Å². The summed E-state index contributed by atoms with van der Waals surface area (Å²) in [6.45, 7) is 1.82. The number of non-ortho nitro benzene ring substituents is 1. The highest BCUT2D eigenvalue weighted by Crippen LogP contribution is 2.28. The molecule has 0 radical (unpaired) electrons. The van der Waals surface area contributed by atoms with Gasteiger partial charge in [0, 0.05) is 12.1 Å². The lowest BCUT2D eigenvalue weighted by atomic mass is 10.2. The largest absolute Gasteiger partial charge is 0.319 e. The fourth-order valence-electron chi connectivity index (χ4n) is 1.48. The Morgan fingerprint density at radius 3 is 2.70 bits per heavy atom. The summed E-state index contributed by atoms with van der Waals surface area (Å²) >= 11 is 4.50. The van der Waals surface area contributed by atoms with Crippen LogP contribution in [0.3, 0.4) is 0 Å². The molecule has 2 aromatic rings. The summed E-state index contributed by atoms with van der Waals surface area (Å²) in [5.74, 6) is -1.24. The number of hydrogen-bond acceptors (Lipinski definition) is 4. The van der Waals surface area contributed by atoms with Gasteiger partial charge in [0.1, 0.15) is 5.82 Å². The van der Waals surface area contributed by atoms with Crippen LogP contribution in [0.4, 0.5) is 15.8 Å². The molecule has 2 rings (SSSR count). The Kier molecular flexibility index (Phi) is 4.15. The van der Waals surface area contributed by atoms with Crippen molar-refractivity contribution in [1.29, 1.82) is 0 Å². The van der Waals surface area contributed by atoms with Gasteiger partial charge in [0.05, 0.1) is 19.3 Å². The number of thiophene rings is 1. The van der Waals surface area contributed by atoms with Gasteiger partial charge in [0.15, 0.2) is 0 Å². The van der Waals surface area contributed by atoms with E-state index in [1.165, 1.54) is 11.3 Å². The second-order valence-electron chi connectivity index (χ2n) is 3.94. The van der Waals surface area contributed by atoms with Gasteiger partial charge in [-0.05, 0) is 40.5 Å². The van der Waals surface area contributed by atoms with Crippen molar-refractivity contribution < 1.29 is 14.1 Å². The van der Waals surface area contributed by atoms with E-state index in [9.17, 15) is 19.3 Å². The van der Waals surface area contributed by atoms with E-state index >= 15 is 0 Å². The van der Waals surface area contributed by atoms with Gasteiger partial charge < -0.3 is 5.32 Å². The second-order valence-corrected chi connectivity index (χ2v) is 6.31. The number of nitrogens with one attached hydrogen (secondary N) is 1. The molecule has 8 heteroatoms. The van der Waals surface area contributed by atoms with Crippen LogP contribution in [0.2, 0.25) is 0 Å². The van der Waals surface area contributed by atoms with E-state index in [1.807, 2.05) is 6.92 Å². The maximum absolute atomic E-state index is 13.6. The Labute approximate surface area is 125 Å². The quantitative estimate of drug-likeness (QED) is 0.662. The summed E-state index contributed by atoms with van der Waals surface area (Å²) in [5.41, 5.74) is 0.385. The third kappa shape index (κ3) is 3.02. The van der Waals surface area contributed by atoms with Gasteiger partial charge >= 0.3 is 0 Å². The van der Waals surface area contributed by atoms with Gasteiger partial charge in [-0.1, -0.05) is 0 Å². The van der Waals surface area contributed by atoms with Crippen molar-refractivity contribution in [2.75, 3.05) is 5.32 Å². The molecular weight excluding hydrogens is 351 g/mol. The van der Waals surface area contributed by atoms with Gasteiger partial charge in [-0.15, -0.1) is 11.3 Å². The van der Waals surface area contributed by atoms with Crippen molar-refractivity contribution in [3.05, 3.63) is 54.4 Å². The number of aryl methyl sites for hydroxylation is 1. The smallest absolute Gasteiger partial charge is 0.271 e. The molecule has 0 aliphatic rings. The zero-order chi connectivity index (χ0) is 14.9. The van der Waals surface area contributed by atoms with E-state index in [-0.39, 0.29) is 11.4 Å². The first kappa shape index (κ1) is 14.6. The van der Waals surface area contributed by atoms with Crippen molar-refractivity contribution in [1.82, 2.24) is 0 Å². The third-order valence-corrected chi connectivity index (χ3v) is 4.63. The topological polar surface area (TPSA) is 72.2 Å². The molecule has 0 aliphatic heterocycles. The first-order valence-corrected chi connectivity index (χ1v) is 7.00. The van der Waals surface area contributed by atoms with E-state index < -0.39 is 16.6 Å². The first-order chi connectivity index (χ1) is 9.38. The second kappa shape index (κ2) is 5.68. The highest BCUT2D eigenvalue weighted by molar-refractivity contribution is 9.11. The van der Waals surface area contributed by atoms with Crippen molar-refractivity contribution in [3.8, 4) is 0 Å². The van der Waals surface area contributed by atoms with Crippen LogP contribution < -0.4 is 5.32 Å².